The Balaban J connectivity index is 4.23. The highest BCUT2D eigenvalue weighted by Crippen LogP contribution is 2.32. The molecule has 0 heterocycles. The summed E-state index contributed by atoms with van der Waals surface area (Å²) in [6, 6.07) is 0. The summed E-state index contributed by atoms with van der Waals surface area (Å²) < 4.78 is 35.0. The van der Waals surface area contributed by atoms with E-state index in [2.05, 4.69) is 25.0 Å². The van der Waals surface area contributed by atoms with Crippen LogP contribution >= 0.6 is 0 Å². The van der Waals surface area contributed by atoms with Gasteiger partial charge in [-0.1, -0.05) is 78.6 Å². The number of unbranched alkanes of at least 4 members (excludes halogenated alkanes) is 7. The molecule has 0 aliphatic carbocycles. The third kappa shape index (κ3) is 13.3. The van der Waals surface area contributed by atoms with Gasteiger partial charge in [0.15, 0.2) is 0 Å². The van der Waals surface area contributed by atoms with Crippen molar-refractivity contribution in [3.05, 3.63) is 0 Å². The second kappa shape index (κ2) is 11.4. The highest BCUT2D eigenvalue weighted by atomic mass is 32.3. The molecule has 0 aromatic carbocycles. The minimum absolute atomic E-state index is 0.0890. The molecular formula is C16H34O4S. The van der Waals surface area contributed by atoms with Gasteiger partial charge in [0.05, 0.1) is 6.61 Å². The summed E-state index contributed by atoms with van der Waals surface area (Å²) in [5.74, 6) is 0. The highest BCUT2D eigenvalue weighted by Gasteiger charge is 2.26. The van der Waals surface area contributed by atoms with Gasteiger partial charge in [-0.15, -0.1) is 0 Å². The van der Waals surface area contributed by atoms with Crippen molar-refractivity contribution in [2.24, 2.45) is 5.41 Å². The normalized spacial score (nSPS) is 15.0. The molecule has 1 atom stereocenters. The van der Waals surface area contributed by atoms with Crippen LogP contribution in [0.5, 0.6) is 0 Å². The van der Waals surface area contributed by atoms with Crippen LogP contribution in [0, 0.1) is 5.41 Å². The van der Waals surface area contributed by atoms with E-state index in [1.165, 1.54) is 44.9 Å². The molecule has 0 aliphatic heterocycles. The predicted octanol–water partition coefficient (Wildman–Crippen LogP) is 5.14. The molecular weight excluding hydrogens is 288 g/mol. The van der Waals surface area contributed by atoms with Crippen molar-refractivity contribution in [1.29, 1.82) is 0 Å². The fourth-order valence-electron chi connectivity index (χ4n) is 2.62. The molecule has 0 radical (unpaired) electrons. The first-order valence-corrected chi connectivity index (χ1v) is 9.81. The molecule has 5 heteroatoms. The number of rotatable bonds is 14. The van der Waals surface area contributed by atoms with Crippen LogP contribution in [0.2, 0.25) is 0 Å². The first-order valence-electron chi connectivity index (χ1n) is 8.45. The second-order valence-electron chi connectivity index (χ2n) is 6.48. The van der Waals surface area contributed by atoms with Crippen molar-refractivity contribution in [2.45, 2.75) is 91.4 Å². The molecule has 0 aliphatic rings. The monoisotopic (exact) mass is 322 g/mol. The summed E-state index contributed by atoms with van der Waals surface area (Å²) in [5, 5.41) is 0. The molecule has 4 nitrogen and oxygen atoms in total. The third-order valence-corrected chi connectivity index (χ3v) is 4.49. The lowest BCUT2D eigenvalue weighted by atomic mass is 9.80. The van der Waals surface area contributed by atoms with Crippen LogP contribution < -0.4 is 0 Å². The van der Waals surface area contributed by atoms with Gasteiger partial charge in [-0.05, 0) is 18.3 Å². The van der Waals surface area contributed by atoms with Gasteiger partial charge in [0.25, 0.3) is 0 Å². The van der Waals surface area contributed by atoms with Crippen molar-refractivity contribution < 1.29 is 17.2 Å². The molecule has 21 heavy (non-hydrogen) atoms. The van der Waals surface area contributed by atoms with E-state index in [9.17, 15) is 8.42 Å². The Kier molecular flexibility index (Phi) is 11.4. The third-order valence-electron chi connectivity index (χ3n) is 4.07. The molecule has 0 fully saturated rings. The van der Waals surface area contributed by atoms with Crippen LogP contribution in [0.4, 0.5) is 0 Å². The van der Waals surface area contributed by atoms with Gasteiger partial charge in [-0.2, -0.15) is 8.42 Å². The number of hydrogen-bond donors (Lipinski definition) is 1. The van der Waals surface area contributed by atoms with E-state index in [0.717, 1.165) is 25.7 Å². The van der Waals surface area contributed by atoms with E-state index in [1.807, 2.05) is 0 Å². The summed E-state index contributed by atoms with van der Waals surface area (Å²) in [6.45, 7) is 6.53. The van der Waals surface area contributed by atoms with Crippen LogP contribution in [0.1, 0.15) is 91.4 Å². The number of hydrogen-bond acceptors (Lipinski definition) is 3. The summed E-state index contributed by atoms with van der Waals surface area (Å²) >= 11 is 0. The summed E-state index contributed by atoms with van der Waals surface area (Å²) in [4.78, 5) is 0. The van der Waals surface area contributed by atoms with Crippen molar-refractivity contribution in [2.75, 3.05) is 6.61 Å². The fourth-order valence-corrected chi connectivity index (χ4v) is 3.05. The summed E-state index contributed by atoms with van der Waals surface area (Å²) in [5.41, 5.74) is -0.157. The Labute approximate surface area is 131 Å². The lowest BCUT2D eigenvalue weighted by Gasteiger charge is -2.28. The SMILES string of the molecule is CCCCCCCC(C)(CCCCCC)COS(=O)(=O)O. The molecule has 128 valence electrons. The second-order valence-corrected chi connectivity index (χ2v) is 7.57. The molecule has 0 bridgehead atoms. The topological polar surface area (TPSA) is 63.6 Å². The Bertz CT molecular complexity index is 340. The van der Waals surface area contributed by atoms with E-state index in [1.54, 1.807) is 0 Å². The molecule has 0 saturated heterocycles. The van der Waals surface area contributed by atoms with Gasteiger partial charge >= 0.3 is 10.4 Å². The van der Waals surface area contributed by atoms with Gasteiger partial charge in [0.2, 0.25) is 0 Å². The van der Waals surface area contributed by atoms with E-state index in [-0.39, 0.29) is 12.0 Å². The first-order chi connectivity index (χ1) is 9.83. The molecule has 0 amide bonds. The van der Waals surface area contributed by atoms with Crippen molar-refractivity contribution >= 4 is 10.4 Å². The van der Waals surface area contributed by atoms with Gasteiger partial charge in [-0.3, -0.25) is 4.55 Å². The first kappa shape index (κ1) is 20.9. The predicted molar refractivity (Wildman–Crippen MR) is 87.7 cm³/mol. The largest absolute Gasteiger partial charge is 0.397 e. The Morgan fingerprint density at radius 3 is 1.71 bits per heavy atom. The van der Waals surface area contributed by atoms with Crippen LogP contribution in [-0.4, -0.2) is 19.6 Å². The maximum Gasteiger partial charge on any atom is 0.397 e. The van der Waals surface area contributed by atoms with E-state index in [4.69, 9.17) is 4.55 Å². The zero-order valence-electron chi connectivity index (χ0n) is 14.1. The summed E-state index contributed by atoms with van der Waals surface area (Å²) in [7, 11) is -4.33. The van der Waals surface area contributed by atoms with Gasteiger partial charge in [0, 0.05) is 0 Å². The van der Waals surface area contributed by atoms with Gasteiger partial charge in [0.1, 0.15) is 0 Å². The van der Waals surface area contributed by atoms with E-state index in [0.29, 0.717) is 0 Å². The Morgan fingerprint density at radius 2 is 1.29 bits per heavy atom. The van der Waals surface area contributed by atoms with Gasteiger partial charge < -0.3 is 0 Å². The lowest BCUT2D eigenvalue weighted by Crippen LogP contribution is -2.25. The molecule has 1 N–H and O–H groups in total. The highest BCUT2D eigenvalue weighted by molar-refractivity contribution is 7.80. The molecule has 0 aromatic heterocycles. The van der Waals surface area contributed by atoms with Crippen LogP contribution in [0.3, 0.4) is 0 Å². The average molecular weight is 323 g/mol. The van der Waals surface area contributed by atoms with Crippen LogP contribution in [0.15, 0.2) is 0 Å². The van der Waals surface area contributed by atoms with E-state index < -0.39 is 10.4 Å². The van der Waals surface area contributed by atoms with Crippen LogP contribution in [-0.2, 0) is 14.6 Å². The zero-order chi connectivity index (χ0) is 16.2. The maximum absolute atomic E-state index is 10.8. The molecule has 0 rings (SSSR count). The van der Waals surface area contributed by atoms with Crippen molar-refractivity contribution in [1.82, 2.24) is 0 Å². The maximum atomic E-state index is 10.8. The Morgan fingerprint density at radius 1 is 0.857 bits per heavy atom. The average Bonchev–Trinajstić information content (AvgIpc) is 2.41. The molecule has 0 aromatic rings. The fraction of sp³-hybridized carbons (Fsp3) is 1.00. The smallest absolute Gasteiger partial charge is 0.264 e. The zero-order valence-corrected chi connectivity index (χ0v) is 14.9. The lowest BCUT2D eigenvalue weighted by molar-refractivity contribution is 0.125. The molecule has 0 spiro atoms. The van der Waals surface area contributed by atoms with Gasteiger partial charge in [-0.25, -0.2) is 4.18 Å². The van der Waals surface area contributed by atoms with Crippen molar-refractivity contribution in [3.63, 3.8) is 0 Å². The minimum atomic E-state index is -4.33. The van der Waals surface area contributed by atoms with Crippen molar-refractivity contribution in [3.8, 4) is 0 Å². The molecule has 0 saturated carbocycles. The quantitative estimate of drug-likeness (QED) is 0.355. The Hall–Kier alpha value is -0.130. The standard InChI is InChI=1S/C16H34O4S/c1-4-6-8-10-12-14-16(3,13-11-9-7-5-2)15-20-21(17,18)19/h4-15H2,1-3H3,(H,17,18,19). The van der Waals surface area contributed by atoms with Crippen LogP contribution in [0.25, 0.3) is 0 Å². The molecule has 1 unspecified atom stereocenters. The summed E-state index contributed by atoms with van der Waals surface area (Å²) in [6.07, 6.45) is 12.6. The van der Waals surface area contributed by atoms with E-state index >= 15 is 0 Å². The minimum Gasteiger partial charge on any atom is -0.264 e.